The van der Waals surface area contributed by atoms with Crippen LogP contribution in [-0.2, 0) is 10.0 Å². The fraction of sp³-hybridized carbons (Fsp3) is 0.500. The molecular formula is C14H22N2O4S. The smallest absolute Gasteiger partial charge is 0.337 e. The van der Waals surface area contributed by atoms with Crippen LogP contribution in [0.1, 0.15) is 44.0 Å². The molecule has 1 aromatic rings. The normalized spacial score (nSPS) is 13.3. The van der Waals surface area contributed by atoms with Gasteiger partial charge in [0.25, 0.3) is 0 Å². The number of carboxylic acid groups (broad SMARTS) is 1. The summed E-state index contributed by atoms with van der Waals surface area (Å²) in [7, 11) is -3.89. The van der Waals surface area contributed by atoms with Crippen LogP contribution in [0.15, 0.2) is 23.1 Å². The molecule has 6 nitrogen and oxygen atoms in total. The molecule has 21 heavy (non-hydrogen) atoms. The van der Waals surface area contributed by atoms with Gasteiger partial charge in [-0.2, -0.15) is 0 Å². The maximum absolute atomic E-state index is 12.3. The lowest BCUT2D eigenvalue weighted by Gasteiger charge is -2.16. The molecule has 0 saturated carbocycles. The third kappa shape index (κ3) is 5.02. The Hall–Kier alpha value is -1.60. The molecular weight excluding hydrogens is 292 g/mol. The Morgan fingerprint density at radius 1 is 1.29 bits per heavy atom. The standard InChI is InChI=1S/C14H22N2O4S/c1-9(2)4-5-10(3)16-21(19,20)13-7-6-11(15)8-12(13)14(17)18/h6-10,16H,4-5,15H2,1-3H3,(H,17,18). The number of hydrogen-bond acceptors (Lipinski definition) is 4. The van der Waals surface area contributed by atoms with Crippen LogP contribution in [0.4, 0.5) is 5.69 Å². The van der Waals surface area contributed by atoms with E-state index in [1.165, 1.54) is 12.1 Å². The minimum Gasteiger partial charge on any atom is -0.478 e. The van der Waals surface area contributed by atoms with Crippen LogP contribution in [0.2, 0.25) is 0 Å². The van der Waals surface area contributed by atoms with Gasteiger partial charge in [0.1, 0.15) is 0 Å². The number of anilines is 1. The maximum Gasteiger partial charge on any atom is 0.337 e. The molecule has 0 heterocycles. The van der Waals surface area contributed by atoms with Gasteiger partial charge in [0.15, 0.2) is 0 Å². The summed E-state index contributed by atoms with van der Waals surface area (Å²) in [5, 5.41) is 9.12. The van der Waals surface area contributed by atoms with Crippen LogP contribution >= 0.6 is 0 Å². The first-order valence-corrected chi connectivity index (χ1v) is 8.27. The summed E-state index contributed by atoms with van der Waals surface area (Å²) in [5.74, 6) is -0.847. The van der Waals surface area contributed by atoms with E-state index in [2.05, 4.69) is 18.6 Å². The predicted octanol–water partition coefficient (Wildman–Crippen LogP) is 2.07. The molecule has 7 heteroatoms. The number of carboxylic acids is 1. The SMILES string of the molecule is CC(C)CCC(C)NS(=O)(=O)c1ccc(N)cc1C(=O)O. The van der Waals surface area contributed by atoms with E-state index in [-0.39, 0.29) is 22.2 Å². The van der Waals surface area contributed by atoms with Crippen LogP contribution in [0, 0.1) is 5.92 Å². The molecule has 0 aliphatic heterocycles. The van der Waals surface area contributed by atoms with E-state index >= 15 is 0 Å². The molecule has 1 rings (SSSR count). The zero-order valence-corrected chi connectivity index (χ0v) is 13.3. The van der Waals surface area contributed by atoms with Gasteiger partial charge in [0.05, 0.1) is 10.5 Å². The number of sulfonamides is 1. The van der Waals surface area contributed by atoms with Crippen molar-refractivity contribution in [2.45, 2.75) is 44.6 Å². The molecule has 0 bridgehead atoms. The quantitative estimate of drug-likeness (QED) is 0.667. The Morgan fingerprint density at radius 2 is 1.90 bits per heavy atom. The highest BCUT2D eigenvalue weighted by molar-refractivity contribution is 7.89. The molecule has 118 valence electrons. The number of benzene rings is 1. The van der Waals surface area contributed by atoms with Crippen molar-refractivity contribution >= 4 is 21.7 Å². The van der Waals surface area contributed by atoms with E-state index in [0.29, 0.717) is 12.3 Å². The predicted molar refractivity (Wildman–Crippen MR) is 81.7 cm³/mol. The van der Waals surface area contributed by atoms with E-state index in [0.717, 1.165) is 12.5 Å². The van der Waals surface area contributed by atoms with E-state index in [1.807, 2.05) is 0 Å². The summed E-state index contributed by atoms with van der Waals surface area (Å²) >= 11 is 0. The number of hydrogen-bond donors (Lipinski definition) is 3. The second-order valence-corrected chi connectivity index (χ2v) is 7.24. The average molecular weight is 314 g/mol. The summed E-state index contributed by atoms with van der Waals surface area (Å²) in [6.45, 7) is 5.88. The summed E-state index contributed by atoms with van der Waals surface area (Å²) < 4.78 is 27.1. The first kappa shape index (κ1) is 17.5. The van der Waals surface area contributed by atoms with Gasteiger partial charge in [0.2, 0.25) is 10.0 Å². The molecule has 0 radical (unpaired) electrons. The van der Waals surface area contributed by atoms with Crippen LogP contribution in [0.3, 0.4) is 0 Å². The van der Waals surface area contributed by atoms with Crippen molar-refractivity contribution in [2.24, 2.45) is 5.92 Å². The summed E-state index contributed by atoms with van der Waals surface area (Å²) in [6, 6.07) is 3.47. The van der Waals surface area contributed by atoms with Crippen molar-refractivity contribution < 1.29 is 18.3 Å². The Kier molecular flexibility index (Phi) is 5.74. The van der Waals surface area contributed by atoms with Gasteiger partial charge in [0, 0.05) is 11.7 Å². The van der Waals surface area contributed by atoms with E-state index in [1.54, 1.807) is 6.92 Å². The first-order chi connectivity index (χ1) is 9.63. The minimum absolute atomic E-state index is 0.208. The van der Waals surface area contributed by atoms with Crippen LogP contribution in [0.5, 0.6) is 0 Å². The minimum atomic E-state index is -3.89. The Labute approximate surface area is 125 Å². The number of carbonyl (C=O) groups is 1. The topological polar surface area (TPSA) is 109 Å². The van der Waals surface area contributed by atoms with Gasteiger partial charge < -0.3 is 10.8 Å². The van der Waals surface area contributed by atoms with Gasteiger partial charge in [-0.25, -0.2) is 17.9 Å². The van der Waals surface area contributed by atoms with E-state index in [9.17, 15) is 13.2 Å². The molecule has 0 amide bonds. The molecule has 0 aliphatic rings. The van der Waals surface area contributed by atoms with Crippen LogP contribution < -0.4 is 10.5 Å². The second-order valence-electron chi connectivity index (χ2n) is 5.55. The highest BCUT2D eigenvalue weighted by atomic mass is 32.2. The molecule has 0 aliphatic carbocycles. The average Bonchev–Trinajstić information content (AvgIpc) is 2.35. The van der Waals surface area contributed by atoms with Crippen LogP contribution in [0.25, 0.3) is 0 Å². The van der Waals surface area contributed by atoms with Crippen molar-refractivity contribution in [1.82, 2.24) is 4.72 Å². The fourth-order valence-corrected chi connectivity index (χ4v) is 3.38. The van der Waals surface area contributed by atoms with Crippen molar-refractivity contribution in [1.29, 1.82) is 0 Å². The lowest BCUT2D eigenvalue weighted by Crippen LogP contribution is -2.33. The van der Waals surface area contributed by atoms with Gasteiger partial charge in [-0.3, -0.25) is 0 Å². The van der Waals surface area contributed by atoms with Gasteiger partial charge in [-0.15, -0.1) is 0 Å². The van der Waals surface area contributed by atoms with Crippen molar-refractivity contribution in [3.8, 4) is 0 Å². The molecule has 0 fully saturated rings. The van der Waals surface area contributed by atoms with Gasteiger partial charge >= 0.3 is 5.97 Å². The third-order valence-corrected chi connectivity index (χ3v) is 4.70. The van der Waals surface area contributed by atoms with Crippen molar-refractivity contribution in [2.75, 3.05) is 5.73 Å². The molecule has 0 spiro atoms. The molecule has 0 aromatic heterocycles. The zero-order chi connectivity index (χ0) is 16.2. The molecule has 1 unspecified atom stereocenters. The highest BCUT2D eigenvalue weighted by Gasteiger charge is 2.24. The maximum atomic E-state index is 12.3. The number of aromatic carboxylic acids is 1. The molecule has 0 saturated heterocycles. The van der Waals surface area contributed by atoms with E-state index in [4.69, 9.17) is 10.8 Å². The third-order valence-electron chi connectivity index (χ3n) is 3.06. The lowest BCUT2D eigenvalue weighted by atomic mass is 10.1. The van der Waals surface area contributed by atoms with Crippen molar-refractivity contribution in [3.63, 3.8) is 0 Å². The molecule has 4 N–H and O–H groups in total. The fourth-order valence-electron chi connectivity index (χ4n) is 1.92. The Balaban J connectivity index is 3.00. The Bertz CT molecular complexity index is 611. The highest BCUT2D eigenvalue weighted by Crippen LogP contribution is 2.20. The number of nitrogen functional groups attached to an aromatic ring is 1. The Morgan fingerprint density at radius 3 is 2.43 bits per heavy atom. The number of nitrogens with one attached hydrogen (secondary N) is 1. The van der Waals surface area contributed by atoms with Gasteiger partial charge in [-0.1, -0.05) is 13.8 Å². The van der Waals surface area contributed by atoms with E-state index < -0.39 is 16.0 Å². The van der Waals surface area contributed by atoms with Crippen molar-refractivity contribution in [3.05, 3.63) is 23.8 Å². The lowest BCUT2D eigenvalue weighted by molar-refractivity contribution is 0.0692. The number of nitrogens with two attached hydrogens (primary N) is 1. The summed E-state index contributed by atoms with van der Waals surface area (Å²) in [5.41, 5.74) is 5.40. The van der Waals surface area contributed by atoms with Gasteiger partial charge in [-0.05, 0) is 43.9 Å². The van der Waals surface area contributed by atoms with Crippen LogP contribution in [-0.4, -0.2) is 25.5 Å². The molecule has 1 aromatic carbocycles. The number of rotatable bonds is 7. The first-order valence-electron chi connectivity index (χ1n) is 6.78. The summed E-state index contributed by atoms with van der Waals surface area (Å²) in [6.07, 6.45) is 1.57. The monoisotopic (exact) mass is 314 g/mol. The largest absolute Gasteiger partial charge is 0.478 e. The second kappa shape index (κ2) is 6.91. The zero-order valence-electron chi connectivity index (χ0n) is 12.5. The molecule has 1 atom stereocenters. The summed E-state index contributed by atoms with van der Waals surface area (Å²) in [4.78, 5) is 10.9.